The molecule has 0 saturated carbocycles. The van der Waals surface area contributed by atoms with Gasteiger partial charge in [0, 0.05) is 12.1 Å². The summed E-state index contributed by atoms with van der Waals surface area (Å²) in [7, 11) is 1.41. The fraction of sp³-hybridized carbons (Fsp3) is 0.214. The van der Waals surface area contributed by atoms with E-state index in [0.717, 1.165) is 12.0 Å². The summed E-state index contributed by atoms with van der Waals surface area (Å²) in [6.45, 7) is 2.64. The van der Waals surface area contributed by atoms with E-state index >= 15 is 0 Å². The number of phenolic OH excluding ortho intramolecular Hbond substituents is 1. The average Bonchev–Trinajstić information content (AvgIpc) is 3.14. The summed E-state index contributed by atoms with van der Waals surface area (Å²) in [4.78, 5) is 28.0. The molecule has 1 saturated heterocycles. The highest BCUT2D eigenvalue weighted by Crippen LogP contribution is 2.45. The standard InChI is InChI=1S/C28H26BrNO6/c1-3-12-36-20-11-7-10-18(13-20)25(31)23-24(19-14-21(29)26(32)22(15-19)35-2)30(28(34)27(23)33)16-17-8-5-4-6-9-17/h4-11,13-15,24,31-32H,3,12,16H2,1-2H3/b25-23+. The van der Waals surface area contributed by atoms with Gasteiger partial charge >= 0.3 is 0 Å². The number of hydrogen-bond acceptors (Lipinski definition) is 6. The lowest BCUT2D eigenvalue weighted by molar-refractivity contribution is -0.140. The predicted octanol–water partition coefficient (Wildman–Crippen LogP) is 5.57. The second-order valence-corrected chi connectivity index (χ2v) is 9.20. The molecule has 2 N–H and O–H groups in total. The number of rotatable bonds is 8. The van der Waals surface area contributed by atoms with Gasteiger partial charge in [-0.25, -0.2) is 0 Å². The number of aliphatic hydroxyl groups is 1. The molecule has 4 rings (SSSR count). The third kappa shape index (κ3) is 4.95. The number of ether oxygens (including phenoxy) is 2. The van der Waals surface area contributed by atoms with Crippen LogP contribution < -0.4 is 9.47 Å². The Morgan fingerprint density at radius 1 is 1.06 bits per heavy atom. The molecular formula is C28H26BrNO6. The molecule has 1 aliphatic heterocycles. The van der Waals surface area contributed by atoms with Gasteiger partial charge in [0.25, 0.3) is 11.7 Å². The van der Waals surface area contributed by atoms with Gasteiger partial charge in [-0.3, -0.25) is 9.59 Å². The van der Waals surface area contributed by atoms with Crippen LogP contribution in [0.15, 0.2) is 76.8 Å². The molecule has 0 bridgehead atoms. The van der Waals surface area contributed by atoms with E-state index < -0.39 is 17.7 Å². The third-order valence-electron chi connectivity index (χ3n) is 5.90. The maximum Gasteiger partial charge on any atom is 0.295 e. The maximum absolute atomic E-state index is 13.3. The summed E-state index contributed by atoms with van der Waals surface area (Å²) < 4.78 is 11.3. The first-order valence-electron chi connectivity index (χ1n) is 11.5. The largest absolute Gasteiger partial charge is 0.507 e. The van der Waals surface area contributed by atoms with Crippen LogP contribution >= 0.6 is 15.9 Å². The molecule has 1 amide bonds. The number of aromatic hydroxyl groups is 1. The smallest absolute Gasteiger partial charge is 0.295 e. The zero-order valence-electron chi connectivity index (χ0n) is 19.9. The van der Waals surface area contributed by atoms with Crippen LogP contribution in [0.5, 0.6) is 17.2 Å². The quantitative estimate of drug-likeness (QED) is 0.216. The first kappa shape index (κ1) is 25.3. The summed E-state index contributed by atoms with van der Waals surface area (Å²) in [6.07, 6.45) is 0.818. The molecule has 0 spiro atoms. The normalized spacial score (nSPS) is 16.9. The Kier molecular flexibility index (Phi) is 7.64. The highest BCUT2D eigenvalue weighted by molar-refractivity contribution is 9.10. The number of Topliss-reactive ketones (excluding diaryl/α,β-unsaturated/α-hetero) is 1. The monoisotopic (exact) mass is 551 g/mol. The molecule has 3 aromatic rings. The van der Waals surface area contributed by atoms with Crippen molar-refractivity contribution >= 4 is 33.4 Å². The molecule has 1 heterocycles. The predicted molar refractivity (Wildman–Crippen MR) is 139 cm³/mol. The topological polar surface area (TPSA) is 96.3 Å². The minimum atomic E-state index is -0.920. The van der Waals surface area contributed by atoms with Crippen LogP contribution in [0.3, 0.4) is 0 Å². The van der Waals surface area contributed by atoms with Gasteiger partial charge in [0.15, 0.2) is 11.5 Å². The summed E-state index contributed by atoms with van der Waals surface area (Å²) >= 11 is 3.32. The van der Waals surface area contributed by atoms with Crippen LogP contribution in [-0.4, -0.2) is 40.5 Å². The number of phenols is 1. The van der Waals surface area contributed by atoms with E-state index in [9.17, 15) is 19.8 Å². The molecule has 36 heavy (non-hydrogen) atoms. The van der Waals surface area contributed by atoms with E-state index in [1.54, 1.807) is 36.4 Å². The molecule has 0 aliphatic carbocycles. The number of benzene rings is 3. The first-order chi connectivity index (χ1) is 17.3. The van der Waals surface area contributed by atoms with Gasteiger partial charge < -0.3 is 24.6 Å². The van der Waals surface area contributed by atoms with E-state index in [1.807, 2.05) is 37.3 Å². The number of ketones is 1. The lowest BCUT2D eigenvalue weighted by atomic mass is 9.94. The summed E-state index contributed by atoms with van der Waals surface area (Å²) in [5.74, 6) is -1.23. The lowest BCUT2D eigenvalue weighted by Crippen LogP contribution is -2.29. The number of likely N-dealkylation sites (tertiary alicyclic amines) is 1. The lowest BCUT2D eigenvalue weighted by Gasteiger charge is -2.26. The highest BCUT2D eigenvalue weighted by atomic mass is 79.9. The fourth-order valence-corrected chi connectivity index (χ4v) is 4.65. The Balaban J connectivity index is 1.88. The van der Waals surface area contributed by atoms with E-state index in [-0.39, 0.29) is 29.4 Å². The number of halogens is 1. The van der Waals surface area contributed by atoms with Gasteiger partial charge in [0.1, 0.15) is 11.5 Å². The first-order valence-corrected chi connectivity index (χ1v) is 12.3. The summed E-state index contributed by atoms with van der Waals surface area (Å²) in [6, 6.07) is 18.3. The van der Waals surface area contributed by atoms with Gasteiger partial charge in [-0.2, -0.15) is 0 Å². The number of hydrogen-bond donors (Lipinski definition) is 2. The van der Waals surface area contributed by atoms with Crippen molar-refractivity contribution in [2.24, 2.45) is 0 Å². The fourth-order valence-electron chi connectivity index (χ4n) is 4.19. The molecule has 0 radical (unpaired) electrons. The van der Waals surface area contributed by atoms with Gasteiger partial charge in [0.2, 0.25) is 0 Å². The van der Waals surface area contributed by atoms with E-state index in [0.29, 0.717) is 28.0 Å². The van der Waals surface area contributed by atoms with Crippen molar-refractivity contribution in [3.05, 3.63) is 93.5 Å². The van der Waals surface area contributed by atoms with Crippen LogP contribution in [0.2, 0.25) is 0 Å². The Morgan fingerprint density at radius 3 is 2.50 bits per heavy atom. The van der Waals surface area contributed by atoms with Crippen LogP contribution in [0.25, 0.3) is 5.76 Å². The SMILES string of the molecule is CCCOc1cccc(/C(O)=C2\C(=O)C(=O)N(Cc3ccccc3)C2c2cc(Br)c(O)c(OC)c2)c1. The number of aliphatic hydroxyl groups excluding tert-OH is 1. The van der Waals surface area contributed by atoms with Crippen molar-refractivity contribution in [1.82, 2.24) is 4.90 Å². The van der Waals surface area contributed by atoms with Crippen molar-refractivity contribution in [3.8, 4) is 17.2 Å². The molecule has 1 atom stereocenters. The summed E-state index contributed by atoms with van der Waals surface area (Å²) in [5.41, 5.74) is 1.62. The molecule has 1 fully saturated rings. The number of carbonyl (C=O) groups excluding carboxylic acids is 2. The Hall–Kier alpha value is -3.78. The number of amides is 1. The minimum absolute atomic E-state index is 0.0526. The van der Waals surface area contributed by atoms with Crippen molar-refractivity contribution in [2.75, 3.05) is 13.7 Å². The van der Waals surface area contributed by atoms with Gasteiger partial charge in [-0.1, -0.05) is 49.4 Å². The zero-order chi connectivity index (χ0) is 25.8. The molecule has 7 nitrogen and oxygen atoms in total. The van der Waals surface area contributed by atoms with E-state index in [1.165, 1.54) is 12.0 Å². The Morgan fingerprint density at radius 2 is 1.81 bits per heavy atom. The number of carbonyl (C=O) groups is 2. The average molecular weight is 552 g/mol. The Labute approximate surface area is 217 Å². The highest BCUT2D eigenvalue weighted by Gasteiger charge is 2.46. The Bertz CT molecular complexity index is 1320. The molecule has 3 aromatic carbocycles. The zero-order valence-corrected chi connectivity index (χ0v) is 21.5. The number of nitrogens with zero attached hydrogens (tertiary/aromatic N) is 1. The van der Waals surface area contributed by atoms with Gasteiger partial charge in [-0.15, -0.1) is 0 Å². The van der Waals surface area contributed by atoms with E-state index in [4.69, 9.17) is 9.47 Å². The molecule has 1 aliphatic rings. The molecule has 1 unspecified atom stereocenters. The second kappa shape index (κ2) is 10.9. The molecular weight excluding hydrogens is 526 g/mol. The van der Waals surface area contributed by atoms with Crippen molar-refractivity contribution < 1.29 is 29.3 Å². The van der Waals surface area contributed by atoms with Crippen molar-refractivity contribution in [3.63, 3.8) is 0 Å². The van der Waals surface area contributed by atoms with Gasteiger partial charge in [0.05, 0.1) is 29.8 Å². The minimum Gasteiger partial charge on any atom is -0.507 e. The second-order valence-electron chi connectivity index (χ2n) is 8.34. The van der Waals surface area contributed by atoms with Crippen LogP contribution in [0, 0.1) is 0 Å². The van der Waals surface area contributed by atoms with E-state index in [2.05, 4.69) is 15.9 Å². The third-order valence-corrected chi connectivity index (χ3v) is 6.51. The maximum atomic E-state index is 13.3. The van der Waals surface area contributed by atoms with Crippen molar-refractivity contribution in [1.29, 1.82) is 0 Å². The van der Waals surface area contributed by atoms with Crippen LogP contribution in [-0.2, 0) is 16.1 Å². The number of methoxy groups -OCH3 is 1. The summed E-state index contributed by atoms with van der Waals surface area (Å²) in [5, 5.41) is 21.7. The van der Waals surface area contributed by atoms with Gasteiger partial charge in [-0.05, 0) is 57.7 Å². The van der Waals surface area contributed by atoms with Crippen molar-refractivity contribution in [2.45, 2.75) is 25.9 Å². The molecule has 8 heteroatoms. The molecule has 0 aromatic heterocycles. The van der Waals surface area contributed by atoms with Crippen LogP contribution in [0.4, 0.5) is 0 Å². The molecule has 186 valence electrons. The van der Waals surface area contributed by atoms with Crippen LogP contribution in [0.1, 0.15) is 36.1 Å².